The Kier molecular flexibility index (Phi) is 7.46. The molecule has 28 heavy (non-hydrogen) atoms. The Labute approximate surface area is 168 Å². The van der Waals surface area contributed by atoms with E-state index in [1.807, 2.05) is 12.1 Å². The van der Waals surface area contributed by atoms with E-state index in [4.69, 9.17) is 5.73 Å². The van der Waals surface area contributed by atoms with Crippen molar-refractivity contribution in [3.8, 4) is 0 Å². The van der Waals surface area contributed by atoms with Crippen LogP contribution in [-0.2, 0) is 19.3 Å². The van der Waals surface area contributed by atoms with Crippen LogP contribution in [0, 0.1) is 0 Å². The maximum absolute atomic E-state index is 12.6. The van der Waals surface area contributed by atoms with E-state index in [0.29, 0.717) is 25.2 Å². The minimum atomic E-state index is -4.32. The van der Waals surface area contributed by atoms with Gasteiger partial charge >= 0.3 is 6.18 Å². The zero-order chi connectivity index (χ0) is 19.4. The van der Waals surface area contributed by atoms with E-state index in [1.165, 1.54) is 12.1 Å². The highest BCUT2D eigenvalue weighted by Crippen LogP contribution is 2.29. The summed E-state index contributed by atoms with van der Waals surface area (Å²) in [5, 5.41) is 3.02. The standard InChI is InChI=1S/C20H22F3N3O.ClH/c21-20(22,23)17-7-3-15(4-8-17)12-26-10-9-18(13-26)25-19(27)16-5-1-14(11-24)2-6-16;/h1-8,18H,9-13,24H2,(H,25,27);1H. The summed E-state index contributed by atoms with van der Waals surface area (Å²) in [5.41, 5.74) is 7.30. The van der Waals surface area contributed by atoms with E-state index < -0.39 is 11.7 Å². The van der Waals surface area contributed by atoms with Gasteiger partial charge in [0.25, 0.3) is 5.91 Å². The Morgan fingerprint density at radius 1 is 1.07 bits per heavy atom. The van der Waals surface area contributed by atoms with Crippen molar-refractivity contribution in [2.45, 2.75) is 31.7 Å². The molecular weight excluding hydrogens is 391 g/mol. The van der Waals surface area contributed by atoms with Gasteiger partial charge in [-0.05, 0) is 41.8 Å². The van der Waals surface area contributed by atoms with Crippen molar-refractivity contribution in [1.82, 2.24) is 10.2 Å². The lowest BCUT2D eigenvalue weighted by molar-refractivity contribution is -0.137. The fourth-order valence-corrected chi connectivity index (χ4v) is 3.21. The van der Waals surface area contributed by atoms with E-state index in [2.05, 4.69) is 10.2 Å². The van der Waals surface area contributed by atoms with Crippen LogP contribution < -0.4 is 11.1 Å². The van der Waals surface area contributed by atoms with Crippen molar-refractivity contribution in [3.63, 3.8) is 0 Å². The molecule has 0 bridgehead atoms. The fourth-order valence-electron chi connectivity index (χ4n) is 3.21. The van der Waals surface area contributed by atoms with Crippen LogP contribution in [0.4, 0.5) is 13.2 Å². The molecule has 1 aliphatic rings. The number of amides is 1. The van der Waals surface area contributed by atoms with Crippen LogP contribution in [0.3, 0.4) is 0 Å². The third-order valence-corrected chi connectivity index (χ3v) is 4.75. The fraction of sp³-hybridized carbons (Fsp3) is 0.350. The number of carbonyl (C=O) groups excluding carboxylic acids is 1. The second-order valence-corrected chi connectivity index (χ2v) is 6.79. The molecule has 1 unspecified atom stereocenters. The normalized spacial score (nSPS) is 17.2. The SMILES string of the molecule is Cl.NCc1ccc(C(=O)NC2CCN(Cc3ccc(C(F)(F)F)cc3)C2)cc1. The minimum Gasteiger partial charge on any atom is -0.348 e. The van der Waals surface area contributed by atoms with Gasteiger partial charge in [0.2, 0.25) is 0 Å². The van der Waals surface area contributed by atoms with E-state index >= 15 is 0 Å². The third-order valence-electron chi connectivity index (χ3n) is 4.75. The zero-order valence-corrected chi connectivity index (χ0v) is 16.0. The monoisotopic (exact) mass is 413 g/mol. The summed E-state index contributed by atoms with van der Waals surface area (Å²) in [5.74, 6) is -0.125. The molecule has 4 nitrogen and oxygen atoms in total. The topological polar surface area (TPSA) is 58.4 Å². The van der Waals surface area contributed by atoms with Crippen LogP contribution in [0.1, 0.15) is 33.5 Å². The van der Waals surface area contributed by atoms with E-state index in [0.717, 1.165) is 36.2 Å². The quantitative estimate of drug-likeness (QED) is 0.787. The van der Waals surface area contributed by atoms with Crippen molar-refractivity contribution >= 4 is 18.3 Å². The first kappa shape index (κ1) is 22.2. The molecule has 1 aliphatic heterocycles. The average molecular weight is 414 g/mol. The Morgan fingerprint density at radius 2 is 1.68 bits per heavy atom. The lowest BCUT2D eigenvalue weighted by Gasteiger charge is -2.17. The van der Waals surface area contributed by atoms with Gasteiger partial charge in [-0.3, -0.25) is 9.69 Å². The van der Waals surface area contributed by atoms with Crippen LogP contribution in [0.2, 0.25) is 0 Å². The van der Waals surface area contributed by atoms with E-state index in [-0.39, 0.29) is 24.4 Å². The molecule has 0 saturated carbocycles. The van der Waals surface area contributed by atoms with Gasteiger partial charge in [0.1, 0.15) is 0 Å². The van der Waals surface area contributed by atoms with Gasteiger partial charge in [-0.1, -0.05) is 24.3 Å². The minimum absolute atomic E-state index is 0. The zero-order valence-electron chi connectivity index (χ0n) is 15.2. The molecule has 0 aliphatic carbocycles. The Balaban J connectivity index is 0.00000280. The molecule has 1 fully saturated rings. The molecule has 0 aromatic heterocycles. The van der Waals surface area contributed by atoms with Crippen LogP contribution >= 0.6 is 12.4 Å². The average Bonchev–Trinajstić information content (AvgIpc) is 3.08. The van der Waals surface area contributed by atoms with Crippen molar-refractivity contribution in [1.29, 1.82) is 0 Å². The number of nitrogens with two attached hydrogens (primary N) is 1. The molecule has 1 atom stereocenters. The summed E-state index contributed by atoms with van der Waals surface area (Å²) in [6.07, 6.45) is -3.50. The maximum atomic E-state index is 12.6. The number of nitrogens with one attached hydrogen (secondary N) is 1. The summed E-state index contributed by atoms with van der Waals surface area (Å²) in [4.78, 5) is 14.5. The van der Waals surface area contributed by atoms with Crippen molar-refractivity contribution in [2.24, 2.45) is 5.73 Å². The van der Waals surface area contributed by atoms with Crippen molar-refractivity contribution in [2.75, 3.05) is 13.1 Å². The third kappa shape index (κ3) is 5.70. The van der Waals surface area contributed by atoms with Crippen molar-refractivity contribution in [3.05, 3.63) is 70.8 Å². The molecule has 2 aromatic carbocycles. The van der Waals surface area contributed by atoms with E-state index in [9.17, 15) is 18.0 Å². The van der Waals surface area contributed by atoms with Crippen LogP contribution in [0.25, 0.3) is 0 Å². The highest BCUT2D eigenvalue weighted by Gasteiger charge is 2.30. The number of likely N-dealkylation sites (tertiary alicyclic amines) is 1. The highest BCUT2D eigenvalue weighted by atomic mass is 35.5. The molecule has 8 heteroatoms. The van der Waals surface area contributed by atoms with E-state index in [1.54, 1.807) is 12.1 Å². The Bertz CT molecular complexity index is 779. The molecule has 1 saturated heterocycles. The highest BCUT2D eigenvalue weighted by molar-refractivity contribution is 5.94. The van der Waals surface area contributed by atoms with Crippen molar-refractivity contribution < 1.29 is 18.0 Å². The van der Waals surface area contributed by atoms with Crippen LogP contribution in [-0.4, -0.2) is 29.9 Å². The van der Waals surface area contributed by atoms with Gasteiger partial charge in [-0.25, -0.2) is 0 Å². The number of rotatable bonds is 5. The first-order valence-electron chi connectivity index (χ1n) is 8.83. The van der Waals surface area contributed by atoms with Gasteiger partial charge in [-0.15, -0.1) is 12.4 Å². The number of halogens is 4. The van der Waals surface area contributed by atoms with Gasteiger partial charge in [-0.2, -0.15) is 13.2 Å². The number of benzene rings is 2. The van der Waals surface area contributed by atoms with Gasteiger partial charge in [0.15, 0.2) is 0 Å². The second kappa shape index (κ2) is 9.41. The number of hydrogen-bond donors (Lipinski definition) is 2. The lowest BCUT2D eigenvalue weighted by Crippen LogP contribution is -2.37. The first-order valence-corrected chi connectivity index (χ1v) is 8.83. The molecule has 152 valence electrons. The van der Waals surface area contributed by atoms with Crippen LogP contribution in [0.15, 0.2) is 48.5 Å². The Hall–Kier alpha value is -2.09. The predicted molar refractivity (Wildman–Crippen MR) is 104 cm³/mol. The summed E-state index contributed by atoms with van der Waals surface area (Å²) >= 11 is 0. The summed E-state index contributed by atoms with van der Waals surface area (Å²) in [7, 11) is 0. The summed E-state index contributed by atoms with van der Waals surface area (Å²) in [6.45, 7) is 2.46. The summed E-state index contributed by atoms with van der Waals surface area (Å²) in [6, 6.07) is 12.4. The molecule has 0 spiro atoms. The molecule has 1 heterocycles. The number of carbonyl (C=O) groups is 1. The number of alkyl halides is 3. The van der Waals surface area contributed by atoms with Gasteiger partial charge in [0.05, 0.1) is 5.56 Å². The number of hydrogen-bond acceptors (Lipinski definition) is 3. The molecule has 0 radical (unpaired) electrons. The smallest absolute Gasteiger partial charge is 0.348 e. The number of nitrogens with zero attached hydrogens (tertiary/aromatic N) is 1. The first-order chi connectivity index (χ1) is 12.8. The van der Waals surface area contributed by atoms with Crippen LogP contribution in [0.5, 0.6) is 0 Å². The molecule has 3 rings (SSSR count). The second-order valence-electron chi connectivity index (χ2n) is 6.79. The lowest BCUT2D eigenvalue weighted by atomic mass is 10.1. The summed E-state index contributed by atoms with van der Waals surface area (Å²) < 4.78 is 37.9. The maximum Gasteiger partial charge on any atom is 0.416 e. The van der Waals surface area contributed by atoms with Gasteiger partial charge in [0, 0.05) is 37.8 Å². The molecular formula is C20H23ClF3N3O. The van der Waals surface area contributed by atoms with Gasteiger partial charge < -0.3 is 11.1 Å². The molecule has 2 aromatic rings. The predicted octanol–water partition coefficient (Wildman–Crippen LogP) is 3.59. The molecule has 1 amide bonds. The molecule has 3 N–H and O–H groups in total. The largest absolute Gasteiger partial charge is 0.416 e. The Morgan fingerprint density at radius 3 is 2.25 bits per heavy atom.